The number of nitrogens with zero attached hydrogens (tertiary/aromatic N) is 1. The van der Waals surface area contributed by atoms with Crippen molar-refractivity contribution in [3.8, 4) is 5.75 Å². The average molecular weight is 313 g/mol. The third-order valence-electron chi connectivity index (χ3n) is 3.68. The minimum Gasteiger partial charge on any atom is -0.496 e. The third-order valence-corrected chi connectivity index (χ3v) is 5.52. The van der Waals surface area contributed by atoms with Gasteiger partial charge in [-0.2, -0.15) is 4.31 Å². The van der Waals surface area contributed by atoms with Crippen LogP contribution in [0.3, 0.4) is 0 Å². The number of carbonyl (C=O) groups is 1. The Morgan fingerprint density at radius 3 is 2.52 bits per heavy atom. The Hall–Kier alpha value is -1.60. The first-order valence-corrected chi connectivity index (χ1v) is 8.03. The number of carboxylic acids is 1. The van der Waals surface area contributed by atoms with Crippen LogP contribution in [0, 0.1) is 5.41 Å². The van der Waals surface area contributed by atoms with Crippen LogP contribution in [0.1, 0.15) is 30.6 Å². The number of carboxylic acid groups (broad SMARTS) is 1. The molecule has 2 rings (SSSR count). The molecule has 7 heteroatoms. The van der Waals surface area contributed by atoms with Gasteiger partial charge in [-0.1, -0.05) is 13.8 Å². The molecule has 0 atom stereocenters. The van der Waals surface area contributed by atoms with Crippen LogP contribution in [-0.4, -0.2) is 44.0 Å². The Morgan fingerprint density at radius 1 is 1.38 bits per heavy atom. The van der Waals surface area contributed by atoms with Crippen LogP contribution in [-0.2, 0) is 10.0 Å². The van der Waals surface area contributed by atoms with Crippen molar-refractivity contribution in [3.05, 3.63) is 23.8 Å². The fourth-order valence-electron chi connectivity index (χ4n) is 2.43. The van der Waals surface area contributed by atoms with E-state index < -0.39 is 16.0 Å². The second-order valence-corrected chi connectivity index (χ2v) is 7.86. The van der Waals surface area contributed by atoms with Gasteiger partial charge < -0.3 is 9.84 Å². The lowest BCUT2D eigenvalue weighted by Crippen LogP contribution is -2.30. The fourth-order valence-corrected chi connectivity index (χ4v) is 4.09. The van der Waals surface area contributed by atoms with Crippen molar-refractivity contribution in [3.63, 3.8) is 0 Å². The predicted octanol–water partition coefficient (Wildman–Crippen LogP) is 1.81. The molecule has 0 spiro atoms. The first kappa shape index (κ1) is 15.8. The van der Waals surface area contributed by atoms with Gasteiger partial charge in [0.15, 0.2) is 0 Å². The zero-order valence-electron chi connectivity index (χ0n) is 12.3. The van der Waals surface area contributed by atoms with E-state index in [1.165, 1.54) is 23.5 Å². The Balaban J connectivity index is 2.42. The molecule has 0 aliphatic carbocycles. The summed E-state index contributed by atoms with van der Waals surface area (Å²) < 4.78 is 31.5. The second-order valence-electron chi connectivity index (χ2n) is 5.92. The summed E-state index contributed by atoms with van der Waals surface area (Å²) in [6.07, 6.45) is 0.786. The quantitative estimate of drug-likeness (QED) is 0.916. The fraction of sp³-hybridized carbons (Fsp3) is 0.500. The van der Waals surface area contributed by atoms with E-state index in [1.807, 2.05) is 13.8 Å². The van der Waals surface area contributed by atoms with Crippen LogP contribution >= 0.6 is 0 Å². The van der Waals surface area contributed by atoms with Crippen molar-refractivity contribution >= 4 is 16.0 Å². The summed E-state index contributed by atoms with van der Waals surface area (Å²) in [6, 6.07) is 3.91. The van der Waals surface area contributed by atoms with E-state index in [0.717, 1.165) is 12.5 Å². The van der Waals surface area contributed by atoms with Crippen molar-refractivity contribution in [2.75, 3.05) is 20.2 Å². The van der Waals surface area contributed by atoms with E-state index in [2.05, 4.69) is 0 Å². The molecule has 6 nitrogen and oxygen atoms in total. The van der Waals surface area contributed by atoms with Crippen LogP contribution in [0.4, 0.5) is 0 Å². The van der Waals surface area contributed by atoms with Crippen LogP contribution < -0.4 is 4.74 Å². The highest BCUT2D eigenvalue weighted by molar-refractivity contribution is 7.89. The van der Waals surface area contributed by atoms with E-state index in [9.17, 15) is 13.2 Å². The lowest BCUT2D eigenvalue weighted by molar-refractivity contribution is 0.0693. The second kappa shape index (κ2) is 5.31. The number of rotatable bonds is 4. The van der Waals surface area contributed by atoms with Gasteiger partial charge in [-0.3, -0.25) is 0 Å². The summed E-state index contributed by atoms with van der Waals surface area (Å²) in [5.74, 6) is -1.08. The van der Waals surface area contributed by atoms with Crippen molar-refractivity contribution in [1.82, 2.24) is 4.31 Å². The molecule has 1 aliphatic heterocycles. The van der Waals surface area contributed by atoms with Crippen molar-refractivity contribution < 1.29 is 23.1 Å². The number of aromatic carboxylic acids is 1. The predicted molar refractivity (Wildman–Crippen MR) is 77.1 cm³/mol. The number of ether oxygens (including phenoxy) is 1. The standard InChI is InChI=1S/C14H19NO5S/c1-14(2)6-7-15(9-14)21(18,19)10-4-5-12(20-3)11(8-10)13(16)17/h4-5,8H,6-7,9H2,1-3H3,(H,16,17). The van der Waals surface area contributed by atoms with Crippen LogP contribution in [0.5, 0.6) is 5.75 Å². The summed E-state index contributed by atoms with van der Waals surface area (Å²) in [7, 11) is -2.33. The number of hydrogen-bond donors (Lipinski definition) is 1. The Bertz CT molecular complexity index is 666. The first-order valence-electron chi connectivity index (χ1n) is 6.59. The molecule has 1 heterocycles. The Labute approximate surface area is 124 Å². The van der Waals surface area contributed by atoms with Gasteiger partial charge in [-0.05, 0) is 30.0 Å². The van der Waals surface area contributed by atoms with E-state index in [1.54, 1.807) is 0 Å². The number of hydrogen-bond acceptors (Lipinski definition) is 4. The minimum absolute atomic E-state index is 0.0154. The lowest BCUT2D eigenvalue weighted by Gasteiger charge is -2.20. The highest BCUT2D eigenvalue weighted by Gasteiger charge is 2.37. The van der Waals surface area contributed by atoms with E-state index in [-0.39, 0.29) is 21.6 Å². The average Bonchev–Trinajstić information content (AvgIpc) is 2.78. The smallest absolute Gasteiger partial charge is 0.339 e. The van der Waals surface area contributed by atoms with Crippen LogP contribution in [0.25, 0.3) is 0 Å². The van der Waals surface area contributed by atoms with Gasteiger partial charge >= 0.3 is 5.97 Å². The summed E-state index contributed by atoms with van der Waals surface area (Å²) in [6.45, 7) is 4.91. The molecule has 0 saturated carbocycles. The van der Waals surface area contributed by atoms with Gasteiger partial charge in [-0.15, -0.1) is 0 Å². The number of methoxy groups -OCH3 is 1. The van der Waals surface area contributed by atoms with Crippen LogP contribution in [0.15, 0.2) is 23.1 Å². The maximum Gasteiger partial charge on any atom is 0.339 e. The van der Waals surface area contributed by atoms with Crippen LogP contribution in [0.2, 0.25) is 0 Å². The highest BCUT2D eigenvalue weighted by atomic mass is 32.2. The summed E-state index contributed by atoms with van der Waals surface area (Å²) in [5.41, 5.74) is -0.216. The highest BCUT2D eigenvalue weighted by Crippen LogP contribution is 2.33. The molecule has 1 aliphatic rings. The minimum atomic E-state index is -3.68. The van der Waals surface area contributed by atoms with Gasteiger partial charge in [0.2, 0.25) is 10.0 Å². The van der Waals surface area contributed by atoms with E-state index >= 15 is 0 Å². The molecule has 0 amide bonds. The zero-order chi connectivity index (χ0) is 15.8. The SMILES string of the molecule is COc1ccc(S(=O)(=O)N2CCC(C)(C)C2)cc1C(=O)O. The molecule has 0 bridgehead atoms. The molecule has 0 aromatic heterocycles. The molecular formula is C14H19NO5S. The zero-order valence-corrected chi connectivity index (χ0v) is 13.1. The molecular weight excluding hydrogens is 294 g/mol. The molecule has 1 N–H and O–H groups in total. The van der Waals surface area contributed by atoms with Gasteiger partial charge in [0.05, 0.1) is 12.0 Å². The first-order chi connectivity index (χ1) is 9.67. The molecule has 1 saturated heterocycles. The molecule has 0 unspecified atom stereocenters. The van der Waals surface area contributed by atoms with Crippen molar-refractivity contribution in [1.29, 1.82) is 0 Å². The summed E-state index contributed by atoms with van der Waals surface area (Å²) in [5, 5.41) is 9.15. The Kier molecular flexibility index (Phi) is 3.99. The summed E-state index contributed by atoms with van der Waals surface area (Å²) >= 11 is 0. The maximum absolute atomic E-state index is 12.6. The van der Waals surface area contributed by atoms with Gasteiger partial charge in [0.25, 0.3) is 0 Å². The molecule has 116 valence electrons. The molecule has 21 heavy (non-hydrogen) atoms. The topological polar surface area (TPSA) is 83.9 Å². The molecule has 1 fully saturated rings. The van der Waals surface area contributed by atoms with Gasteiger partial charge in [0, 0.05) is 13.1 Å². The van der Waals surface area contributed by atoms with Gasteiger partial charge in [0.1, 0.15) is 11.3 Å². The number of sulfonamides is 1. The summed E-state index contributed by atoms with van der Waals surface area (Å²) in [4.78, 5) is 11.2. The van der Waals surface area contributed by atoms with Crippen molar-refractivity contribution in [2.24, 2.45) is 5.41 Å². The maximum atomic E-state index is 12.6. The molecule has 1 aromatic carbocycles. The largest absolute Gasteiger partial charge is 0.496 e. The van der Waals surface area contributed by atoms with Gasteiger partial charge in [-0.25, -0.2) is 13.2 Å². The Morgan fingerprint density at radius 2 is 2.05 bits per heavy atom. The van der Waals surface area contributed by atoms with E-state index in [4.69, 9.17) is 9.84 Å². The lowest BCUT2D eigenvalue weighted by atomic mass is 9.93. The van der Waals surface area contributed by atoms with E-state index in [0.29, 0.717) is 13.1 Å². The monoisotopic (exact) mass is 313 g/mol. The third kappa shape index (κ3) is 3.03. The normalized spacial score (nSPS) is 18.6. The number of benzene rings is 1. The molecule has 0 radical (unpaired) electrons. The van der Waals surface area contributed by atoms with Crippen molar-refractivity contribution in [2.45, 2.75) is 25.2 Å². The molecule has 1 aromatic rings.